The van der Waals surface area contributed by atoms with Gasteiger partial charge in [0.25, 0.3) is 0 Å². The molecule has 2 nitrogen and oxygen atoms in total. The molecule has 0 saturated heterocycles. The highest BCUT2D eigenvalue weighted by Crippen LogP contribution is 2.19. The van der Waals surface area contributed by atoms with Gasteiger partial charge in [-0.3, -0.25) is 0 Å². The molecular formula is C14H26N2. The van der Waals surface area contributed by atoms with Crippen LogP contribution in [0.3, 0.4) is 0 Å². The van der Waals surface area contributed by atoms with Crippen molar-refractivity contribution < 1.29 is 0 Å². The number of pyridine rings is 1. The Morgan fingerprint density at radius 2 is 1.81 bits per heavy atom. The van der Waals surface area contributed by atoms with Crippen LogP contribution in [0.5, 0.6) is 0 Å². The van der Waals surface area contributed by atoms with E-state index in [4.69, 9.17) is 0 Å². The minimum absolute atomic E-state index is 0. The van der Waals surface area contributed by atoms with Crippen molar-refractivity contribution in [2.75, 3.05) is 0 Å². The van der Waals surface area contributed by atoms with Crippen LogP contribution in [0.15, 0.2) is 23.3 Å². The van der Waals surface area contributed by atoms with Crippen molar-refractivity contribution in [3.05, 3.63) is 23.9 Å². The number of rotatable bonds is 0. The SMILES string of the molecule is C.C1=Nc2ncccc2CCC1.CC.CC. The summed E-state index contributed by atoms with van der Waals surface area (Å²) in [4.78, 5) is 8.43. The molecular weight excluding hydrogens is 196 g/mol. The van der Waals surface area contributed by atoms with E-state index in [1.165, 1.54) is 12.0 Å². The fraction of sp³-hybridized carbons (Fsp3) is 0.571. The molecule has 1 aromatic rings. The Balaban J connectivity index is 0. The predicted molar refractivity (Wildman–Crippen MR) is 74.8 cm³/mol. The molecule has 1 aliphatic rings. The number of aromatic nitrogens is 1. The largest absolute Gasteiger partial charge is 0.241 e. The second kappa shape index (κ2) is 11.9. The first-order valence-corrected chi connectivity index (χ1v) is 5.93. The second-order valence-electron chi connectivity index (χ2n) is 2.69. The molecule has 0 saturated carbocycles. The Labute approximate surface area is 101 Å². The average molecular weight is 222 g/mol. The van der Waals surface area contributed by atoms with Crippen LogP contribution in [-0.2, 0) is 6.42 Å². The van der Waals surface area contributed by atoms with Crippen LogP contribution in [0.2, 0.25) is 0 Å². The molecule has 2 rings (SSSR count). The molecule has 0 spiro atoms. The predicted octanol–water partition coefficient (Wildman–Crippen LogP) is 4.81. The zero-order valence-corrected chi connectivity index (χ0v) is 10.3. The van der Waals surface area contributed by atoms with Crippen molar-refractivity contribution >= 4 is 12.0 Å². The third-order valence-corrected chi connectivity index (χ3v) is 1.86. The molecule has 0 bridgehead atoms. The van der Waals surface area contributed by atoms with Crippen LogP contribution >= 0.6 is 0 Å². The van der Waals surface area contributed by atoms with E-state index in [1.54, 1.807) is 6.20 Å². The maximum absolute atomic E-state index is 4.25. The van der Waals surface area contributed by atoms with E-state index in [0.717, 1.165) is 18.7 Å². The smallest absolute Gasteiger partial charge is 0.154 e. The molecule has 0 aliphatic carbocycles. The number of fused-ring (bicyclic) bond motifs is 1. The lowest BCUT2D eigenvalue weighted by atomic mass is 10.1. The summed E-state index contributed by atoms with van der Waals surface area (Å²) in [7, 11) is 0. The van der Waals surface area contributed by atoms with Gasteiger partial charge in [-0.1, -0.05) is 41.2 Å². The van der Waals surface area contributed by atoms with E-state index in [0.29, 0.717) is 0 Å². The molecule has 1 aliphatic heterocycles. The van der Waals surface area contributed by atoms with Crippen LogP contribution in [0.25, 0.3) is 0 Å². The lowest BCUT2D eigenvalue weighted by Crippen LogP contribution is -1.84. The number of hydrogen-bond donors (Lipinski definition) is 0. The van der Waals surface area contributed by atoms with Crippen molar-refractivity contribution in [2.24, 2.45) is 4.99 Å². The van der Waals surface area contributed by atoms with Crippen LogP contribution in [0.4, 0.5) is 5.82 Å². The minimum Gasteiger partial charge on any atom is -0.241 e. The average Bonchev–Trinajstić information content (AvgIpc) is 2.59. The topological polar surface area (TPSA) is 25.2 Å². The van der Waals surface area contributed by atoms with Crippen molar-refractivity contribution in [3.8, 4) is 0 Å². The van der Waals surface area contributed by atoms with Crippen LogP contribution in [0, 0.1) is 0 Å². The number of nitrogens with zero attached hydrogens (tertiary/aromatic N) is 2. The molecule has 0 radical (unpaired) electrons. The summed E-state index contributed by atoms with van der Waals surface area (Å²) in [6, 6.07) is 4.07. The highest BCUT2D eigenvalue weighted by molar-refractivity contribution is 5.64. The van der Waals surface area contributed by atoms with Crippen LogP contribution < -0.4 is 0 Å². The normalized spacial score (nSPS) is 11.5. The maximum Gasteiger partial charge on any atom is 0.154 e. The first kappa shape index (κ1) is 17.2. The van der Waals surface area contributed by atoms with Gasteiger partial charge >= 0.3 is 0 Å². The number of aryl methyl sites for hydroxylation is 1. The van der Waals surface area contributed by atoms with Gasteiger partial charge in [-0.05, 0) is 30.9 Å². The van der Waals surface area contributed by atoms with Crippen molar-refractivity contribution in [3.63, 3.8) is 0 Å². The van der Waals surface area contributed by atoms with E-state index in [9.17, 15) is 0 Å². The zero-order valence-electron chi connectivity index (χ0n) is 10.3. The molecule has 2 heterocycles. The zero-order chi connectivity index (χ0) is 11.5. The summed E-state index contributed by atoms with van der Waals surface area (Å²) in [5, 5.41) is 0. The van der Waals surface area contributed by atoms with Gasteiger partial charge in [-0.2, -0.15) is 0 Å². The van der Waals surface area contributed by atoms with Gasteiger partial charge in [0.15, 0.2) is 5.82 Å². The number of aliphatic imine (C=N–C) groups is 1. The summed E-state index contributed by atoms with van der Waals surface area (Å²) >= 11 is 0. The monoisotopic (exact) mass is 222 g/mol. The Kier molecular flexibility index (Phi) is 12.8. The Hall–Kier alpha value is -1.18. The second-order valence-corrected chi connectivity index (χ2v) is 2.69. The Morgan fingerprint density at radius 3 is 2.50 bits per heavy atom. The van der Waals surface area contributed by atoms with E-state index in [2.05, 4.69) is 16.0 Å². The fourth-order valence-corrected chi connectivity index (χ4v) is 1.28. The summed E-state index contributed by atoms with van der Waals surface area (Å²) in [6.45, 7) is 8.00. The summed E-state index contributed by atoms with van der Waals surface area (Å²) in [6.07, 6.45) is 7.14. The molecule has 2 heteroatoms. The summed E-state index contributed by atoms with van der Waals surface area (Å²) in [5.74, 6) is 0.907. The quantitative estimate of drug-likeness (QED) is 0.618. The molecule has 0 fully saturated rings. The number of hydrogen-bond acceptors (Lipinski definition) is 2. The molecule has 16 heavy (non-hydrogen) atoms. The minimum atomic E-state index is 0. The first-order valence-electron chi connectivity index (χ1n) is 5.93. The van der Waals surface area contributed by atoms with Crippen LogP contribution in [-0.4, -0.2) is 11.2 Å². The van der Waals surface area contributed by atoms with E-state index in [-0.39, 0.29) is 7.43 Å². The summed E-state index contributed by atoms with van der Waals surface area (Å²) in [5.41, 5.74) is 1.28. The van der Waals surface area contributed by atoms with Gasteiger partial charge in [0, 0.05) is 12.4 Å². The Bertz CT molecular complexity index is 280. The van der Waals surface area contributed by atoms with Gasteiger partial charge in [0.2, 0.25) is 0 Å². The third kappa shape index (κ3) is 5.64. The molecule has 1 aromatic heterocycles. The molecule has 0 amide bonds. The lowest BCUT2D eigenvalue weighted by molar-refractivity contribution is 0.882. The van der Waals surface area contributed by atoms with E-state index < -0.39 is 0 Å². The molecule has 0 aromatic carbocycles. The molecule has 92 valence electrons. The molecule has 0 N–H and O–H groups in total. The van der Waals surface area contributed by atoms with Crippen molar-refractivity contribution in [2.45, 2.75) is 54.4 Å². The van der Waals surface area contributed by atoms with E-state index in [1.807, 2.05) is 40.0 Å². The fourth-order valence-electron chi connectivity index (χ4n) is 1.28. The van der Waals surface area contributed by atoms with Gasteiger partial charge in [0.1, 0.15) is 0 Å². The highest BCUT2D eigenvalue weighted by Gasteiger charge is 2.02. The third-order valence-electron chi connectivity index (χ3n) is 1.86. The van der Waals surface area contributed by atoms with E-state index >= 15 is 0 Å². The van der Waals surface area contributed by atoms with Crippen molar-refractivity contribution in [1.82, 2.24) is 4.98 Å². The Morgan fingerprint density at radius 1 is 1.12 bits per heavy atom. The van der Waals surface area contributed by atoms with Gasteiger partial charge in [-0.15, -0.1) is 0 Å². The molecule has 0 unspecified atom stereocenters. The van der Waals surface area contributed by atoms with Gasteiger partial charge in [0.05, 0.1) is 0 Å². The van der Waals surface area contributed by atoms with Crippen LogP contribution in [0.1, 0.15) is 53.5 Å². The first-order chi connectivity index (χ1) is 7.47. The van der Waals surface area contributed by atoms with Crippen molar-refractivity contribution in [1.29, 1.82) is 0 Å². The summed E-state index contributed by atoms with van der Waals surface area (Å²) < 4.78 is 0. The highest BCUT2D eigenvalue weighted by atomic mass is 14.9. The standard InChI is InChI=1S/C9H10N2.2C2H6.CH4/c1-2-6-10-9-8(4-1)5-3-7-11-9;2*1-2;/h3,5-7H,1-2,4H2;2*1-2H3;1H4. The molecule has 0 atom stereocenters. The lowest BCUT2D eigenvalue weighted by Gasteiger charge is -1.98. The van der Waals surface area contributed by atoms with Gasteiger partial charge < -0.3 is 0 Å². The maximum atomic E-state index is 4.25. The van der Waals surface area contributed by atoms with Gasteiger partial charge in [-0.25, -0.2) is 9.98 Å².